The van der Waals surface area contributed by atoms with Gasteiger partial charge < -0.3 is 16.0 Å². The van der Waals surface area contributed by atoms with Crippen molar-refractivity contribution < 1.29 is 9.18 Å². The molecular formula is C17H20FN5O. The van der Waals surface area contributed by atoms with Crippen molar-refractivity contribution in [2.75, 3.05) is 23.3 Å². The van der Waals surface area contributed by atoms with E-state index in [4.69, 9.17) is 5.73 Å². The Labute approximate surface area is 139 Å². The summed E-state index contributed by atoms with van der Waals surface area (Å²) in [6, 6.07) is 8.51. The number of aromatic nitrogens is 2. The first-order chi connectivity index (χ1) is 11.5. The molecule has 0 aliphatic carbocycles. The highest BCUT2D eigenvalue weighted by Gasteiger charge is 2.22. The van der Waals surface area contributed by atoms with Crippen LogP contribution < -0.4 is 16.0 Å². The zero-order valence-electron chi connectivity index (χ0n) is 13.5. The maximum Gasteiger partial charge on any atom is 0.269 e. The van der Waals surface area contributed by atoms with Gasteiger partial charge in [0, 0.05) is 19.1 Å². The normalized spacial score (nSPS) is 17.6. The van der Waals surface area contributed by atoms with Crippen LogP contribution in [0.5, 0.6) is 0 Å². The summed E-state index contributed by atoms with van der Waals surface area (Å²) >= 11 is 0. The monoisotopic (exact) mass is 329 g/mol. The number of nitrogens with one attached hydrogen (secondary N) is 1. The number of primary amides is 1. The zero-order valence-corrected chi connectivity index (χ0v) is 13.5. The summed E-state index contributed by atoms with van der Waals surface area (Å²) in [5.74, 6) is -0.226. The molecule has 1 aliphatic rings. The van der Waals surface area contributed by atoms with Crippen LogP contribution >= 0.6 is 0 Å². The van der Waals surface area contributed by atoms with Crippen LogP contribution in [-0.2, 0) is 0 Å². The summed E-state index contributed by atoms with van der Waals surface area (Å²) < 4.78 is 14.1. The van der Waals surface area contributed by atoms with Crippen molar-refractivity contribution in [1.82, 2.24) is 10.2 Å². The smallest absolute Gasteiger partial charge is 0.269 e. The first-order valence-corrected chi connectivity index (χ1v) is 7.94. The second-order valence-electron chi connectivity index (χ2n) is 6.05. The van der Waals surface area contributed by atoms with E-state index in [1.807, 2.05) is 13.0 Å². The van der Waals surface area contributed by atoms with Gasteiger partial charge >= 0.3 is 0 Å². The van der Waals surface area contributed by atoms with Crippen molar-refractivity contribution in [1.29, 1.82) is 0 Å². The van der Waals surface area contributed by atoms with Crippen molar-refractivity contribution >= 4 is 17.4 Å². The predicted molar refractivity (Wildman–Crippen MR) is 90.5 cm³/mol. The molecule has 0 bridgehead atoms. The van der Waals surface area contributed by atoms with Crippen molar-refractivity contribution in [3.8, 4) is 0 Å². The maximum atomic E-state index is 14.1. The Morgan fingerprint density at radius 3 is 2.88 bits per heavy atom. The van der Waals surface area contributed by atoms with Gasteiger partial charge in [0.15, 0.2) is 5.69 Å². The highest BCUT2D eigenvalue weighted by atomic mass is 19.1. The first-order valence-electron chi connectivity index (χ1n) is 7.94. The standard InChI is InChI=1S/C17H20FN5O/c1-11-4-5-13(18)15(9-11)23-8-2-3-12(10-23)20-16-7-6-14(17(19)24)21-22-16/h4-7,9,12H,2-3,8,10H2,1H3,(H2,19,24)(H,20,22)/t12-/m0/s1. The van der Waals surface area contributed by atoms with Crippen LogP contribution in [0.2, 0.25) is 0 Å². The second kappa shape index (κ2) is 6.82. The molecule has 1 atom stereocenters. The molecule has 1 aromatic carbocycles. The van der Waals surface area contributed by atoms with Crippen LogP contribution in [0.25, 0.3) is 0 Å². The number of halogens is 1. The fourth-order valence-corrected chi connectivity index (χ4v) is 2.93. The Morgan fingerprint density at radius 1 is 1.33 bits per heavy atom. The van der Waals surface area contributed by atoms with Gasteiger partial charge in [0.05, 0.1) is 5.69 Å². The van der Waals surface area contributed by atoms with E-state index in [-0.39, 0.29) is 17.6 Å². The van der Waals surface area contributed by atoms with Crippen LogP contribution in [0.1, 0.15) is 28.9 Å². The predicted octanol–water partition coefficient (Wildman–Crippen LogP) is 2.10. The summed E-state index contributed by atoms with van der Waals surface area (Å²) in [6.45, 7) is 3.46. The Morgan fingerprint density at radius 2 is 2.17 bits per heavy atom. The van der Waals surface area contributed by atoms with E-state index in [0.29, 0.717) is 18.1 Å². The number of anilines is 2. The molecule has 0 saturated carbocycles. The minimum Gasteiger partial charge on any atom is -0.367 e. The highest BCUT2D eigenvalue weighted by molar-refractivity contribution is 5.90. The van der Waals surface area contributed by atoms with Gasteiger partial charge in [-0.2, -0.15) is 0 Å². The molecule has 1 aromatic heterocycles. The number of aryl methyl sites for hydroxylation is 1. The van der Waals surface area contributed by atoms with E-state index >= 15 is 0 Å². The van der Waals surface area contributed by atoms with Crippen LogP contribution in [0.15, 0.2) is 30.3 Å². The molecule has 126 valence electrons. The van der Waals surface area contributed by atoms with E-state index in [9.17, 15) is 9.18 Å². The summed E-state index contributed by atoms with van der Waals surface area (Å²) in [4.78, 5) is 13.1. The summed E-state index contributed by atoms with van der Waals surface area (Å²) in [6.07, 6.45) is 1.92. The largest absolute Gasteiger partial charge is 0.367 e. The number of carbonyl (C=O) groups excluding carboxylic acids is 1. The molecule has 1 aliphatic heterocycles. The Balaban J connectivity index is 1.69. The number of hydrogen-bond acceptors (Lipinski definition) is 5. The molecule has 0 spiro atoms. The van der Waals surface area contributed by atoms with Crippen LogP contribution in [-0.4, -0.2) is 35.2 Å². The molecule has 1 amide bonds. The Bertz CT molecular complexity index is 734. The van der Waals surface area contributed by atoms with Gasteiger partial charge in [0.25, 0.3) is 5.91 Å². The molecule has 0 radical (unpaired) electrons. The molecule has 24 heavy (non-hydrogen) atoms. The number of rotatable bonds is 4. The van der Waals surface area contributed by atoms with Gasteiger partial charge in [0.2, 0.25) is 0 Å². The molecular weight excluding hydrogens is 309 g/mol. The molecule has 7 heteroatoms. The molecule has 0 unspecified atom stereocenters. The maximum absolute atomic E-state index is 14.1. The summed E-state index contributed by atoms with van der Waals surface area (Å²) in [5, 5.41) is 11.0. The zero-order chi connectivity index (χ0) is 17.1. The second-order valence-corrected chi connectivity index (χ2v) is 6.05. The lowest BCUT2D eigenvalue weighted by atomic mass is 10.0. The van der Waals surface area contributed by atoms with E-state index in [0.717, 1.165) is 24.9 Å². The van der Waals surface area contributed by atoms with Gasteiger partial charge in [-0.3, -0.25) is 4.79 Å². The lowest BCUT2D eigenvalue weighted by Crippen LogP contribution is -2.42. The van der Waals surface area contributed by atoms with Gasteiger partial charge in [-0.15, -0.1) is 10.2 Å². The lowest BCUT2D eigenvalue weighted by Gasteiger charge is -2.35. The highest BCUT2D eigenvalue weighted by Crippen LogP contribution is 2.25. The topological polar surface area (TPSA) is 84.1 Å². The SMILES string of the molecule is Cc1ccc(F)c(N2CCC[C@H](Nc3ccc(C(N)=O)nn3)C2)c1. The van der Waals surface area contributed by atoms with Crippen molar-refractivity contribution in [2.45, 2.75) is 25.8 Å². The summed E-state index contributed by atoms with van der Waals surface area (Å²) in [5.41, 5.74) is 6.96. The third-order valence-corrected chi connectivity index (χ3v) is 4.13. The summed E-state index contributed by atoms with van der Waals surface area (Å²) in [7, 11) is 0. The molecule has 2 aromatic rings. The Hall–Kier alpha value is -2.70. The number of carbonyl (C=O) groups is 1. The number of nitrogens with zero attached hydrogens (tertiary/aromatic N) is 3. The Kier molecular flexibility index (Phi) is 4.59. The quantitative estimate of drug-likeness (QED) is 0.897. The minimum absolute atomic E-state index is 0.132. The first kappa shape index (κ1) is 16.2. The molecule has 6 nitrogen and oxygen atoms in total. The lowest BCUT2D eigenvalue weighted by molar-refractivity contribution is 0.0994. The third kappa shape index (κ3) is 3.61. The average Bonchev–Trinajstić information content (AvgIpc) is 2.58. The van der Waals surface area contributed by atoms with Crippen LogP contribution in [0, 0.1) is 12.7 Å². The van der Waals surface area contributed by atoms with Gasteiger partial charge in [-0.1, -0.05) is 6.07 Å². The minimum atomic E-state index is -0.604. The molecule has 1 fully saturated rings. The van der Waals surface area contributed by atoms with E-state index < -0.39 is 5.91 Å². The van der Waals surface area contributed by atoms with Crippen molar-refractivity contribution in [3.63, 3.8) is 0 Å². The number of benzene rings is 1. The van der Waals surface area contributed by atoms with Crippen LogP contribution in [0.3, 0.4) is 0 Å². The van der Waals surface area contributed by atoms with Crippen molar-refractivity contribution in [2.24, 2.45) is 5.73 Å². The number of nitrogens with two attached hydrogens (primary N) is 1. The van der Waals surface area contributed by atoms with E-state index in [1.165, 1.54) is 6.07 Å². The van der Waals surface area contributed by atoms with Gasteiger partial charge in [-0.05, 0) is 49.6 Å². The molecule has 3 rings (SSSR count). The molecule has 1 saturated heterocycles. The fraction of sp³-hybridized carbons (Fsp3) is 0.353. The van der Waals surface area contributed by atoms with Gasteiger partial charge in [0.1, 0.15) is 11.6 Å². The van der Waals surface area contributed by atoms with Crippen LogP contribution in [0.4, 0.5) is 15.9 Å². The van der Waals surface area contributed by atoms with E-state index in [1.54, 1.807) is 18.2 Å². The fourth-order valence-electron chi connectivity index (χ4n) is 2.93. The van der Waals surface area contributed by atoms with Crippen molar-refractivity contribution in [3.05, 3.63) is 47.4 Å². The number of piperidine rings is 1. The van der Waals surface area contributed by atoms with Gasteiger partial charge in [-0.25, -0.2) is 4.39 Å². The number of hydrogen-bond donors (Lipinski definition) is 2. The molecule has 3 N–H and O–H groups in total. The van der Waals surface area contributed by atoms with E-state index in [2.05, 4.69) is 20.4 Å². The third-order valence-electron chi connectivity index (χ3n) is 4.13. The molecule has 2 heterocycles. The average molecular weight is 329 g/mol. The number of amides is 1.